The van der Waals surface area contributed by atoms with Gasteiger partial charge in [-0.25, -0.2) is 4.79 Å². The van der Waals surface area contributed by atoms with Crippen LogP contribution in [0.3, 0.4) is 0 Å². The number of allylic oxidation sites excluding steroid dienone is 2. The van der Waals surface area contributed by atoms with Crippen LogP contribution in [0.4, 0.5) is 5.69 Å². The van der Waals surface area contributed by atoms with Crippen LogP contribution in [0.25, 0.3) is 0 Å². The number of nitrogens with zero attached hydrogens (tertiary/aromatic N) is 3. The first-order chi connectivity index (χ1) is 12.6. The van der Waals surface area contributed by atoms with Gasteiger partial charge in [0.25, 0.3) is 0 Å². The molecule has 0 aliphatic heterocycles. The molecule has 0 fully saturated rings. The molecule has 7 nitrogen and oxygen atoms in total. The quantitative estimate of drug-likeness (QED) is 0.651. The molecule has 1 N–H and O–H groups in total. The number of nitriles is 3. The van der Waals surface area contributed by atoms with Gasteiger partial charge < -0.3 is 14.8 Å². The summed E-state index contributed by atoms with van der Waals surface area (Å²) in [6.45, 7) is 0. The van der Waals surface area contributed by atoms with Crippen molar-refractivity contribution in [2.24, 2.45) is 0 Å². The molecule has 0 saturated heterocycles. The molecule has 0 atom stereocenters. The first kappa shape index (κ1) is 18.1. The second-order valence-corrected chi connectivity index (χ2v) is 4.82. The van der Waals surface area contributed by atoms with Crippen LogP contribution in [-0.4, -0.2) is 13.1 Å². The van der Waals surface area contributed by atoms with E-state index in [4.69, 9.17) is 25.3 Å². The predicted octanol–water partition coefficient (Wildman–Crippen LogP) is 3.50. The molecule has 0 radical (unpaired) electrons. The highest BCUT2D eigenvalue weighted by Crippen LogP contribution is 2.27. The standard InChI is InChI=1S/C19H12N4O3/c1-25-19(24)16-4-2-3-5-18(16)26-15-8-6-14(7-9-15)23-17(12-22)13(10-20)11-21/h2-9,23H,1H3. The largest absolute Gasteiger partial charge is 0.465 e. The Morgan fingerprint density at radius 2 is 1.62 bits per heavy atom. The average Bonchev–Trinajstić information content (AvgIpc) is 2.69. The number of hydrogen-bond donors (Lipinski definition) is 1. The van der Waals surface area contributed by atoms with E-state index in [1.165, 1.54) is 7.11 Å². The van der Waals surface area contributed by atoms with Gasteiger partial charge in [0.15, 0.2) is 5.57 Å². The number of carbonyl (C=O) groups excluding carboxylic acids is 1. The minimum absolute atomic E-state index is 0.139. The van der Waals surface area contributed by atoms with Gasteiger partial charge >= 0.3 is 5.97 Å². The number of nitrogens with one attached hydrogen (secondary N) is 1. The maximum Gasteiger partial charge on any atom is 0.341 e. The molecule has 26 heavy (non-hydrogen) atoms. The fourth-order valence-corrected chi connectivity index (χ4v) is 2.00. The Bertz CT molecular complexity index is 958. The Hall–Kier alpha value is -4.28. The van der Waals surface area contributed by atoms with Crippen molar-refractivity contribution in [3.63, 3.8) is 0 Å². The van der Waals surface area contributed by atoms with Gasteiger partial charge in [-0.1, -0.05) is 12.1 Å². The lowest BCUT2D eigenvalue weighted by molar-refractivity contribution is 0.0598. The fraction of sp³-hybridized carbons (Fsp3) is 0.0526. The summed E-state index contributed by atoms with van der Waals surface area (Å²) in [4.78, 5) is 11.8. The third kappa shape index (κ3) is 4.17. The molecule has 2 rings (SSSR count). The molecular weight excluding hydrogens is 332 g/mol. The summed E-state index contributed by atoms with van der Waals surface area (Å²) in [5, 5.41) is 29.4. The maximum absolute atomic E-state index is 11.8. The van der Waals surface area contributed by atoms with Crippen LogP contribution >= 0.6 is 0 Å². The van der Waals surface area contributed by atoms with Gasteiger partial charge in [-0.2, -0.15) is 15.8 Å². The Labute approximate surface area is 149 Å². The summed E-state index contributed by atoms with van der Waals surface area (Å²) in [7, 11) is 1.29. The SMILES string of the molecule is COC(=O)c1ccccc1Oc1ccc(NC(C#N)=C(C#N)C#N)cc1. The summed E-state index contributed by atoms with van der Waals surface area (Å²) in [6, 6.07) is 18.2. The summed E-state index contributed by atoms with van der Waals surface area (Å²) < 4.78 is 10.4. The lowest BCUT2D eigenvalue weighted by Crippen LogP contribution is -2.03. The van der Waals surface area contributed by atoms with E-state index in [1.807, 2.05) is 0 Å². The summed E-state index contributed by atoms with van der Waals surface area (Å²) in [5.74, 6) is 0.285. The van der Waals surface area contributed by atoms with Crippen LogP contribution < -0.4 is 10.1 Å². The zero-order chi connectivity index (χ0) is 18.9. The van der Waals surface area contributed by atoms with E-state index in [0.29, 0.717) is 22.7 Å². The predicted molar refractivity (Wildman–Crippen MR) is 91.8 cm³/mol. The number of benzene rings is 2. The van der Waals surface area contributed by atoms with Crippen LogP contribution in [-0.2, 0) is 4.74 Å². The first-order valence-corrected chi connectivity index (χ1v) is 7.29. The molecular formula is C19H12N4O3. The Kier molecular flexibility index (Phi) is 5.93. The van der Waals surface area contributed by atoms with Gasteiger partial charge in [0.05, 0.1) is 7.11 Å². The molecule has 0 bridgehead atoms. The van der Waals surface area contributed by atoms with Gasteiger partial charge in [0.2, 0.25) is 0 Å². The van der Waals surface area contributed by atoms with Gasteiger partial charge in [0.1, 0.15) is 41.0 Å². The van der Waals surface area contributed by atoms with Crippen LogP contribution in [0.5, 0.6) is 11.5 Å². The van der Waals surface area contributed by atoms with Gasteiger partial charge in [-0.3, -0.25) is 0 Å². The van der Waals surface area contributed by atoms with Crippen molar-refractivity contribution >= 4 is 11.7 Å². The van der Waals surface area contributed by atoms with E-state index in [1.54, 1.807) is 66.7 Å². The summed E-state index contributed by atoms with van der Waals surface area (Å²) in [5.41, 5.74) is 0.345. The molecule has 126 valence electrons. The monoisotopic (exact) mass is 344 g/mol. The zero-order valence-corrected chi connectivity index (χ0v) is 13.7. The van der Waals surface area contributed by atoms with E-state index >= 15 is 0 Å². The van der Waals surface area contributed by atoms with Crippen LogP contribution in [0, 0.1) is 34.0 Å². The minimum atomic E-state index is -0.511. The Morgan fingerprint density at radius 3 is 2.19 bits per heavy atom. The number of hydrogen-bond acceptors (Lipinski definition) is 7. The highest BCUT2D eigenvalue weighted by Gasteiger charge is 2.13. The van der Waals surface area contributed by atoms with Crippen molar-refractivity contribution in [3.8, 4) is 29.7 Å². The number of para-hydroxylation sites is 1. The number of rotatable bonds is 5. The molecule has 0 saturated carbocycles. The second kappa shape index (κ2) is 8.54. The van der Waals surface area contributed by atoms with Gasteiger partial charge in [-0.05, 0) is 36.4 Å². The second-order valence-electron chi connectivity index (χ2n) is 4.82. The average molecular weight is 344 g/mol. The van der Waals surface area contributed by atoms with E-state index in [9.17, 15) is 4.79 Å². The van der Waals surface area contributed by atoms with Crippen molar-refractivity contribution < 1.29 is 14.3 Å². The number of anilines is 1. The number of methoxy groups -OCH3 is 1. The van der Waals surface area contributed by atoms with Crippen molar-refractivity contribution in [2.45, 2.75) is 0 Å². The maximum atomic E-state index is 11.8. The summed E-state index contributed by atoms with van der Waals surface area (Å²) in [6.07, 6.45) is 0. The molecule has 0 aliphatic rings. The highest BCUT2D eigenvalue weighted by molar-refractivity contribution is 5.92. The van der Waals surface area contributed by atoms with Crippen LogP contribution in [0.2, 0.25) is 0 Å². The smallest absolute Gasteiger partial charge is 0.341 e. The van der Waals surface area contributed by atoms with Gasteiger partial charge in [0, 0.05) is 5.69 Å². The normalized spacial score (nSPS) is 9.00. The molecule has 0 amide bonds. The fourth-order valence-electron chi connectivity index (χ4n) is 2.00. The van der Waals surface area contributed by atoms with Gasteiger partial charge in [-0.15, -0.1) is 0 Å². The van der Waals surface area contributed by atoms with Crippen molar-refractivity contribution in [1.29, 1.82) is 15.8 Å². The third-order valence-corrected chi connectivity index (χ3v) is 3.23. The van der Waals surface area contributed by atoms with Crippen LogP contribution in [0.1, 0.15) is 10.4 Å². The topological polar surface area (TPSA) is 119 Å². The Morgan fingerprint density at radius 1 is 0.962 bits per heavy atom. The molecule has 0 unspecified atom stereocenters. The van der Waals surface area contributed by atoms with Crippen LogP contribution in [0.15, 0.2) is 59.8 Å². The first-order valence-electron chi connectivity index (χ1n) is 7.29. The van der Waals surface area contributed by atoms with E-state index in [0.717, 1.165) is 0 Å². The molecule has 0 aliphatic carbocycles. The van der Waals surface area contributed by atoms with Crippen molar-refractivity contribution in [3.05, 3.63) is 65.4 Å². The molecule has 0 heterocycles. The van der Waals surface area contributed by atoms with Crippen molar-refractivity contribution in [2.75, 3.05) is 12.4 Å². The third-order valence-electron chi connectivity index (χ3n) is 3.23. The summed E-state index contributed by atoms with van der Waals surface area (Å²) >= 11 is 0. The molecule has 2 aromatic carbocycles. The highest BCUT2D eigenvalue weighted by atomic mass is 16.5. The minimum Gasteiger partial charge on any atom is -0.465 e. The van der Waals surface area contributed by atoms with E-state index in [-0.39, 0.29) is 11.3 Å². The molecule has 0 spiro atoms. The van der Waals surface area contributed by atoms with E-state index in [2.05, 4.69) is 5.32 Å². The molecule has 2 aromatic rings. The molecule has 0 aromatic heterocycles. The zero-order valence-electron chi connectivity index (χ0n) is 13.7. The lowest BCUT2D eigenvalue weighted by atomic mass is 10.2. The van der Waals surface area contributed by atoms with E-state index < -0.39 is 5.97 Å². The lowest BCUT2D eigenvalue weighted by Gasteiger charge is -2.10. The number of carbonyl (C=O) groups is 1. The number of ether oxygens (including phenoxy) is 2. The van der Waals surface area contributed by atoms with Crippen molar-refractivity contribution in [1.82, 2.24) is 0 Å². The Balaban J connectivity index is 2.21. The molecule has 7 heteroatoms. The number of esters is 1.